The average molecular weight is 484 g/mol. The summed E-state index contributed by atoms with van der Waals surface area (Å²) >= 11 is 0. The number of methoxy groups -OCH3 is 1. The van der Waals surface area contributed by atoms with Crippen LogP contribution in [-0.4, -0.2) is 43.4 Å². The van der Waals surface area contributed by atoms with E-state index in [1.807, 2.05) is 61.5 Å². The van der Waals surface area contributed by atoms with Crippen molar-refractivity contribution in [3.8, 4) is 22.8 Å². The molecule has 4 rings (SSSR count). The minimum absolute atomic E-state index is 0.231. The van der Waals surface area contributed by atoms with Crippen LogP contribution in [0.4, 0.5) is 0 Å². The minimum atomic E-state index is -0.496. The summed E-state index contributed by atoms with van der Waals surface area (Å²) in [5.74, 6) is -0.000561. The van der Waals surface area contributed by atoms with Crippen molar-refractivity contribution >= 4 is 29.0 Å². The largest absolute Gasteiger partial charge is 0.490 e. The van der Waals surface area contributed by atoms with Gasteiger partial charge < -0.3 is 14.2 Å². The molecule has 3 aromatic carbocycles. The molecule has 0 saturated carbocycles. The van der Waals surface area contributed by atoms with Crippen molar-refractivity contribution in [3.63, 3.8) is 0 Å². The maximum Gasteiger partial charge on any atom is 0.343 e. The number of amides is 1. The average Bonchev–Trinajstić information content (AvgIpc) is 2.92. The van der Waals surface area contributed by atoms with Crippen molar-refractivity contribution in [3.05, 3.63) is 90.0 Å². The smallest absolute Gasteiger partial charge is 0.343 e. The van der Waals surface area contributed by atoms with Crippen LogP contribution in [0, 0.1) is 0 Å². The number of hydrogen-bond donors (Lipinski definition) is 1. The lowest BCUT2D eigenvalue weighted by Crippen LogP contribution is -2.18. The number of rotatable bonds is 9. The summed E-state index contributed by atoms with van der Waals surface area (Å²) in [4.78, 5) is 29.2. The molecule has 0 aliphatic carbocycles. The summed E-state index contributed by atoms with van der Waals surface area (Å²) in [5.41, 5.74) is 6.08. The number of carbonyl (C=O) groups excluding carboxylic acids is 2. The number of pyridine rings is 1. The van der Waals surface area contributed by atoms with E-state index >= 15 is 0 Å². The normalized spacial score (nSPS) is 10.8. The van der Waals surface area contributed by atoms with E-state index in [0.717, 1.165) is 16.5 Å². The maximum absolute atomic E-state index is 13.1. The Hall–Kier alpha value is -4.72. The van der Waals surface area contributed by atoms with E-state index in [1.54, 1.807) is 24.3 Å². The number of hydrogen-bond acceptors (Lipinski definition) is 7. The molecule has 1 amide bonds. The number of nitrogens with one attached hydrogen (secondary N) is 1. The molecule has 0 bridgehead atoms. The van der Waals surface area contributed by atoms with Gasteiger partial charge in [0.05, 0.1) is 36.7 Å². The van der Waals surface area contributed by atoms with Crippen LogP contribution >= 0.6 is 0 Å². The van der Waals surface area contributed by atoms with Gasteiger partial charge in [0.15, 0.2) is 18.1 Å². The molecule has 0 fully saturated rings. The Labute approximate surface area is 208 Å². The van der Waals surface area contributed by atoms with E-state index in [1.165, 1.54) is 13.3 Å². The van der Waals surface area contributed by atoms with Crippen LogP contribution in [0.3, 0.4) is 0 Å². The molecular weight excluding hydrogens is 458 g/mol. The molecule has 1 aromatic heterocycles. The topological polar surface area (TPSA) is 99.1 Å². The maximum atomic E-state index is 13.1. The third kappa shape index (κ3) is 5.85. The molecule has 8 nitrogen and oxygen atoms in total. The molecule has 182 valence electrons. The zero-order valence-corrected chi connectivity index (χ0v) is 19.9. The Kier molecular flexibility index (Phi) is 7.87. The van der Waals surface area contributed by atoms with Gasteiger partial charge in [-0.1, -0.05) is 48.5 Å². The van der Waals surface area contributed by atoms with Crippen LogP contribution in [0.2, 0.25) is 0 Å². The molecule has 1 heterocycles. The first-order valence-corrected chi connectivity index (χ1v) is 11.3. The predicted molar refractivity (Wildman–Crippen MR) is 137 cm³/mol. The predicted octanol–water partition coefficient (Wildman–Crippen LogP) is 4.62. The number of para-hydroxylation sites is 1. The van der Waals surface area contributed by atoms with E-state index < -0.39 is 5.97 Å². The quantitative estimate of drug-likeness (QED) is 0.212. The fraction of sp³-hybridized carbons (Fsp3) is 0.143. The molecule has 0 aliphatic heterocycles. The van der Waals surface area contributed by atoms with Gasteiger partial charge in [-0.3, -0.25) is 4.79 Å². The van der Waals surface area contributed by atoms with Gasteiger partial charge in [0, 0.05) is 10.9 Å². The van der Waals surface area contributed by atoms with E-state index in [2.05, 4.69) is 15.3 Å². The molecule has 0 unspecified atom stereocenters. The first-order valence-electron chi connectivity index (χ1n) is 11.3. The van der Waals surface area contributed by atoms with Crippen molar-refractivity contribution in [2.24, 2.45) is 5.10 Å². The van der Waals surface area contributed by atoms with Gasteiger partial charge in [0.25, 0.3) is 5.91 Å². The lowest BCUT2D eigenvalue weighted by atomic mass is 10.0. The summed E-state index contributed by atoms with van der Waals surface area (Å²) in [6.07, 6.45) is 1.51. The first kappa shape index (κ1) is 24.4. The monoisotopic (exact) mass is 483 g/mol. The van der Waals surface area contributed by atoms with E-state index in [0.29, 0.717) is 34.9 Å². The number of fused-ring (bicyclic) bond motifs is 1. The summed E-state index contributed by atoms with van der Waals surface area (Å²) in [5, 5.41) is 4.86. The second-order valence-corrected chi connectivity index (χ2v) is 7.64. The Morgan fingerprint density at radius 2 is 1.72 bits per heavy atom. The van der Waals surface area contributed by atoms with Crippen molar-refractivity contribution in [2.75, 3.05) is 20.3 Å². The molecule has 0 atom stereocenters. The van der Waals surface area contributed by atoms with Gasteiger partial charge in [-0.15, -0.1) is 0 Å². The van der Waals surface area contributed by atoms with Gasteiger partial charge in [0.2, 0.25) is 0 Å². The number of aromatic nitrogens is 1. The standard InChI is InChI=1S/C28H25N3O5/c1-3-35-26-15-19(13-14-25(26)36-18-27(32)34-2)17-29-31-28(33)22-16-24(20-9-5-4-6-10-20)30-23-12-8-7-11-21(22)23/h4-17H,3,18H2,1-2H3,(H,31,33)/b29-17+. The lowest BCUT2D eigenvalue weighted by Gasteiger charge is -2.11. The lowest BCUT2D eigenvalue weighted by molar-refractivity contribution is -0.142. The molecule has 4 aromatic rings. The Balaban J connectivity index is 1.54. The van der Waals surface area contributed by atoms with Crippen molar-refractivity contribution in [1.29, 1.82) is 0 Å². The van der Waals surface area contributed by atoms with Crippen LogP contribution < -0.4 is 14.9 Å². The summed E-state index contributed by atoms with van der Waals surface area (Å²) in [7, 11) is 1.29. The van der Waals surface area contributed by atoms with Crippen LogP contribution in [0.25, 0.3) is 22.2 Å². The Bertz CT molecular complexity index is 1400. The SMILES string of the molecule is CCOc1cc(/C=N/NC(=O)c2cc(-c3ccccc3)nc3ccccc23)ccc1OCC(=O)OC. The van der Waals surface area contributed by atoms with Crippen molar-refractivity contribution in [2.45, 2.75) is 6.92 Å². The van der Waals surface area contributed by atoms with E-state index in [4.69, 9.17) is 14.5 Å². The minimum Gasteiger partial charge on any atom is -0.490 e. The van der Waals surface area contributed by atoms with Gasteiger partial charge >= 0.3 is 5.97 Å². The second-order valence-electron chi connectivity index (χ2n) is 7.64. The molecule has 0 radical (unpaired) electrons. The van der Waals surface area contributed by atoms with Crippen molar-refractivity contribution < 1.29 is 23.8 Å². The van der Waals surface area contributed by atoms with Crippen LogP contribution in [0.15, 0.2) is 84.0 Å². The van der Waals surface area contributed by atoms with Gasteiger partial charge in [-0.2, -0.15) is 5.10 Å². The summed E-state index contributed by atoms with van der Waals surface area (Å²) < 4.78 is 15.7. The fourth-order valence-electron chi connectivity index (χ4n) is 3.53. The van der Waals surface area contributed by atoms with E-state index in [-0.39, 0.29) is 12.5 Å². The summed E-state index contributed by atoms with van der Waals surface area (Å²) in [6.45, 7) is 2.02. The Morgan fingerprint density at radius 1 is 0.944 bits per heavy atom. The molecule has 36 heavy (non-hydrogen) atoms. The van der Waals surface area contributed by atoms with Gasteiger partial charge in [0.1, 0.15) is 0 Å². The number of benzene rings is 3. The third-order valence-electron chi connectivity index (χ3n) is 5.25. The highest BCUT2D eigenvalue weighted by atomic mass is 16.6. The fourth-order valence-corrected chi connectivity index (χ4v) is 3.53. The molecule has 0 spiro atoms. The van der Waals surface area contributed by atoms with E-state index in [9.17, 15) is 9.59 Å². The summed E-state index contributed by atoms with van der Waals surface area (Å²) in [6, 6.07) is 24.1. The van der Waals surface area contributed by atoms with Crippen LogP contribution in [0.5, 0.6) is 11.5 Å². The number of esters is 1. The number of carbonyl (C=O) groups is 2. The zero-order valence-electron chi connectivity index (χ0n) is 19.9. The highest BCUT2D eigenvalue weighted by molar-refractivity contribution is 6.07. The van der Waals surface area contributed by atoms with Gasteiger partial charge in [-0.05, 0) is 42.8 Å². The molecule has 0 aliphatic rings. The number of hydrazone groups is 1. The number of ether oxygens (including phenoxy) is 3. The molecule has 1 N–H and O–H groups in total. The van der Waals surface area contributed by atoms with Crippen LogP contribution in [0.1, 0.15) is 22.8 Å². The second kappa shape index (κ2) is 11.6. The molecule has 0 saturated heterocycles. The zero-order chi connectivity index (χ0) is 25.3. The Morgan fingerprint density at radius 3 is 2.50 bits per heavy atom. The highest BCUT2D eigenvalue weighted by Gasteiger charge is 2.14. The third-order valence-corrected chi connectivity index (χ3v) is 5.25. The number of nitrogens with zero attached hydrogens (tertiary/aromatic N) is 2. The van der Waals surface area contributed by atoms with Gasteiger partial charge in [-0.25, -0.2) is 15.2 Å². The van der Waals surface area contributed by atoms with Crippen molar-refractivity contribution in [1.82, 2.24) is 10.4 Å². The molecular formula is C28H25N3O5. The highest BCUT2D eigenvalue weighted by Crippen LogP contribution is 2.28. The first-order chi connectivity index (χ1) is 17.6. The molecule has 8 heteroatoms. The van der Waals surface area contributed by atoms with Crippen LogP contribution in [-0.2, 0) is 9.53 Å².